The van der Waals surface area contributed by atoms with E-state index in [1.54, 1.807) is 0 Å². The molecule has 1 aliphatic heterocycles. The molecule has 7 nitrogen and oxygen atoms in total. The van der Waals surface area contributed by atoms with Crippen LogP contribution in [0.15, 0.2) is 10.6 Å². The van der Waals surface area contributed by atoms with Crippen molar-refractivity contribution in [3.05, 3.63) is 17.8 Å². The molecule has 1 atom stereocenters. The van der Waals surface area contributed by atoms with Gasteiger partial charge in [-0.05, 0) is 0 Å². The average molecular weight is 318 g/mol. The minimum atomic E-state index is -4.61. The van der Waals surface area contributed by atoms with Crippen molar-refractivity contribution in [1.29, 1.82) is 0 Å². The van der Waals surface area contributed by atoms with E-state index in [-0.39, 0.29) is 24.0 Å². The van der Waals surface area contributed by atoms with Gasteiger partial charge in [0.05, 0.1) is 18.8 Å². The first-order valence-corrected chi connectivity index (χ1v) is 6.44. The van der Waals surface area contributed by atoms with Crippen LogP contribution in [0.1, 0.15) is 18.0 Å². The second kappa shape index (κ2) is 5.06. The second-order valence-electron chi connectivity index (χ2n) is 4.98. The monoisotopic (exact) mass is 318 g/mol. The van der Waals surface area contributed by atoms with E-state index in [0.717, 1.165) is 4.68 Å². The molecule has 0 saturated carbocycles. The molecule has 1 saturated heterocycles. The molecule has 0 spiro atoms. The molecule has 1 fully saturated rings. The number of methoxy groups -OCH3 is 1. The van der Waals surface area contributed by atoms with Crippen LogP contribution in [0.5, 0.6) is 0 Å². The Bertz CT molecular complexity index is 673. The zero-order valence-corrected chi connectivity index (χ0v) is 11.8. The number of aryl methyl sites for hydroxylation is 1. The van der Waals surface area contributed by atoms with Gasteiger partial charge in [-0.1, -0.05) is 0 Å². The minimum absolute atomic E-state index is 0.0967. The third-order valence-electron chi connectivity index (χ3n) is 3.52. The number of nitrogens with zero attached hydrogens (tertiary/aromatic N) is 4. The highest BCUT2D eigenvalue weighted by Gasteiger charge is 2.43. The maximum absolute atomic E-state index is 13.0. The zero-order chi connectivity index (χ0) is 16.0. The van der Waals surface area contributed by atoms with Crippen molar-refractivity contribution < 1.29 is 27.1 Å². The van der Waals surface area contributed by atoms with Gasteiger partial charge in [-0.15, -0.1) is 10.2 Å². The van der Waals surface area contributed by atoms with Crippen molar-refractivity contribution in [2.45, 2.75) is 18.2 Å². The Kier molecular flexibility index (Phi) is 3.44. The predicted octanol–water partition coefficient (Wildman–Crippen LogP) is 1.75. The molecule has 1 unspecified atom stereocenters. The lowest BCUT2D eigenvalue weighted by molar-refractivity contribution is -0.141. The quantitative estimate of drug-likeness (QED) is 0.858. The number of aromatic nitrogens is 4. The van der Waals surface area contributed by atoms with Crippen molar-refractivity contribution in [3.8, 4) is 11.5 Å². The summed E-state index contributed by atoms with van der Waals surface area (Å²) < 4.78 is 56.0. The summed E-state index contributed by atoms with van der Waals surface area (Å²) in [6.45, 7) is 0.663. The Labute approximate surface area is 123 Å². The summed E-state index contributed by atoms with van der Waals surface area (Å²) in [7, 11) is 2.85. The number of alkyl halides is 3. The summed E-state index contributed by atoms with van der Waals surface area (Å²) in [5.41, 5.74) is -2.25. The highest BCUT2D eigenvalue weighted by atomic mass is 19.4. The van der Waals surface area contributed by atoms with Gasteiger partial charge in [-0.2, -0.15) is 18.3 Å². The van der Waals surface area contributed by atoms with Gasteiger partial charge in [0.25, 0.3) is 11.8 Å². The predicted molar refractivity (Wildman–Crippen MR) is 65.6 cm³/mol. The topological polar surface area (TPSA) is 75.2 Å². The first-order chi connectivity index (χ1) is 10.4. The standard InChI is InChI=1S/C12H13F3N4O3/c1-19-5-7(8(18-19)12(13,14)15)9-16-17-10(22-9)11(20-2)3-4-21-6-11/h5H,3-4,6H2,1-2H3. The summed E-state index contributed by atoms with van der Waals surface area (Å²) in [4.78, 5) is 0. The van der Waals surface area contributed by atoms with E-state index in [1.807, 2.05) is 0 Å². The number of ether oxygens (including phenoxy) is 2. The van der Waals surface area contributed by atoms with Crippen LogP contribution in [0.3, 0.4) is 0 Å². The molecular weight excluding hydrogens is 305 g/mol. The lowest BCUT2D eigenvalue weighted by atomic mass is 10.0. The van der Waals surface area contributed by atoms with Gasteiger partial charge in [0.1, 0.15) is 0 Å². The molecule has 22 heavy (non-hydrogen) atoms. The first kappa shape index (κ1) is 15.0. The fourth-order valence-corrected chi connectivity index (χ4v) is 2.33. The summed E-state index contributed by atoms with van der Waals surface area (Å²) in [6.07, 6.45) is -2.93. The van der Waals surface area contributed by atoms with Crippen LogP contribution in [-0.4, -0.2) is 40.3 Å². The van der Waals surface area contributed by atoms with E-state index in [9.17, 15) is 13.2 Å². The van der Waals surface area contributed by atoms with Gasteiger partial charge in [-0.25, -0.2) is 0 Å². The van der Waals surface area contributed by atoms with Gasteiger partial charge in [-0.3, -0.25) is 4.68 Å². The molecular formula is C12H13F3N4O3. The summed E-state index contributed by atoms with van der Waals surface area (Å²) >= 11 is 0. The SMILES string of the molecule is COC1(c2nnc(-c3cn(C)nc3C(F)(F)F)o2)CCOC1. The molecule has 120 valence electrons. The number of halogens is 3. The fraction of sp³-hybridized carbons (Fsp3) is 0.583. The molecule has 1 aliphatic rings. The molecule has 0 bridgehead atoms. The number of hydrogen-bond donors (Lipinski definition) is 0. The molecule has 0 N–H and O–H groups in total. The minimum Gasteiger partial charge on any atom is -0.417 e. The third kappa shape index (κ3) is 2.37. The first-order valence-electron chi connectivity index (χ1n) is 6.44. The molecule has 2 aromatic heterocycles. The van der Waals surface area contributed by atoms with E-state index in [4.69, 9.17) is 13.9 Å². The van der Waals surface area contributed by atoms with Crippen LogP contribution in [0, 0.1) is 0 Å². The van der Waals surface area contributed by atoms with Crippen molar-refractivity contribution in [1.82, 2.24) is 20.0 Å². The average Bonchev–Trinajstić information content (AvgIpc) is 3.16. The van der Waals surface area contributed by atoms with Crippen LogP contribution in [-0.2, 0) is 28.3 Å². The van der Waals surface area contributed by atoms with Crippen molar-refractivity contribution in [2.75, 3.05) is 20.3 Å². The third-order valence-corrected chi connectivity index (χ3v) is 3.52. The van der Waals surface area contributed by atoms with Gasteiger partial charge < -0.3 is 13.9 Å². The van der Waals surface area contributed by atoms with E-state index < -0.39 is 17.5 Å². The summed E-state index contributed by atoms with van der Waals surface area (Å²) in [6, 6.07) is 0. The molecule has 0 aromatic carbocycles. The van der Waals surface area contributed by atoms with Gasteiger partial charge >= 0.3 is 6.18 Å². The molecule has 10 heteroatoms. The van der Waals surface area contributed by atoms with E-state index in [2.05, 4.69) is 15.3 Å². The smallest absolute Gasteiger partial charge is 0.417 e. The van der Waals surface area contributed by atoms with Crippen LogP contribution in [0.4, 0.5) is 13.2 Å². The van der Waals surface area contributed by atoms with Crippen LogP contribution < -0.4 is 0 Å². The molecule has 3 heterocycles. The van der Waals surface area contributed by atoms with E-state index in [0.29, 0.717) is 13.0 Å². The van der Waals surface area contributed by atoms with E-state index >= 15 is 0 Å². The van der Waals surface area contributed by atoms with Crippen molar-refractivity contribution >= 4 is 0 Å². The largest absolute Gasteiger partial charge is 0.435 e. The van der Waals surface area contributed by atoms with Gasteiger partial charge in [0, 0.05) is 26.8 Å². The van der Waals surface area contributed by atoms with E-state index in [1.165, 1.54) is 20.4 Å². The fourth-order valence-electron chi connectivity index (χ4n) is 2.33. The second-order valence-corrected chi connectivity index (χ2v) is 4.98. The lowest BCUT2D eigenvalue weighted by Crippen LogP contribution is -2.29. The summed E-state index contributed by atoms with van der Waals surface area (Å²) in [5.74, 6) is -0.154. The lowest BCUT2D eigenvalue weighted by Gasteiger charge is -2.20. The number of rotatable bonds is 3. The Morgan fingerprint density at radius 3 is 2.73 bits per heavy atom. The molecule has 0 amide bonds. The number of hydrogen-bond acceptors (Lipinski definition) is 6. The van der Waals surface area contributed by atoms with Crippen LogP contribution >= 0.6 is 0 Å². The molecule has 0 radical (unpaired) electrons. The Morgan fingerprint density at radius 2 is 2.14 bits per heavy atom. The van der Waals surface area contributed by atoms with Crippen LogP contribution in [0.25, 0.3) is 11.5 Å². The Balaban J connectivity index is 2.02. The van der Waals surface area contributed by atoms with Gasteiger partial charge in [0.15, 0.2) is 11.3 Å². The Hall–Kier alpha value is -1.94. The van der Waals surface area contributed by atoms with Crippen molar-refractivity contribution in [2.24, 2.45) is 7.05 Å². The molecule has 2 aromatic rings. The zero-order valence-electron chi connectivity index (χ0n) is 11.8. The maximum Gasteiger partial charge on any atom is 0.435 e. The Morgan fingerprint density at radius 1 is 1.36 bits per heavy atom. The summed E-state index contributed by atoms with van der Waals surface area (Å²) in [5, 5.41) is 10.9. The maximum atomic E-state index is 13.0. The highest BCUT2D eigenvalue weighted by Crippen LogP contribution is 2.38. The molecule has 0 aliphatic carbocycles. The highest BCUT2D eigenvalue weighted by molar-refractivity contribution is 5.56. The van der Waals surface area contributed by atoms with Gasteiger partial charge in [0.2, 0.25) is 0 Å². The molecule has 3 rings (SSSR count). The van der Waals surface area contributed by atoms with Crippen molar-refractivity contribution in [3.63, 3.8) is 0 Å². The van der Waals surface area contributed by atoms with Crippen LogP contribution in [0.2, 0.25) is 0 Å². The normalized spacial score (nSPS) is 22.4.